The Kier molecular flexibility index (Phi) is 5.00. The van der Waals surface area contributed by atoms with Crippen LogP contribution in [0, 0.1) is 12.7 Å². The number of hydrogen-bond acceptors (Lipinski definition) is 5. The third-order valence-corrected chi connectivity index (χ3v) is 2.76. The molecule has 1 aromatic heterocycles. The number of ether oxygens (including phenoxy) is 1. The maximum absolute atomic E-state index is 13.5. The molecular formula is C14H11ClFN3O3. The lowest BCUT2D eigenvalue weighted by Crippen LogP contribution is -2.22. The van der Waals surface area contributed by atoms with E-state index in [1.807, 2.05) is 0 Å². The molecule has 0 aliphatic rings. The fraction of sp³-hybridized carbons (Fsp3) is 0.143. The molecule has 0 fully saturated rings. The highest BCUT2D eigenvalue weighted by Crippen LogP contribution is 2.18. The van der Waals surface area contributed by atoms with Gasteiger partial charge in [-0.25, -0.2) is 14.2 Å². The van der Waals surface area contributed by atoms with E-state index in [0.717, 1.165) is 6.07 Å². The van der Waals surface area contributed by atoms with Gasteiger partial charge in [0.25, 0.3) is 5.91 Å². The molecule has 22 heavy (non-hydrogen) atoms. The first-order chi connectivity index (χ1) is 10.5. The summed E-state index contributed by atoms with van der Waals surface area (Å²) in [5, 5.41) is 2.48. The quantitative estimate of drug-likeness (QED) is 0.874. The summed E-state index contributed by atoms with van der Waals surface area (Å²) in [5.41, 5.74) is 0.573. The average Bonchev–Trinajstić information content (AvgIpc) is 2.48. The average molecular weight is 324 g/mol. The Bertz CT molecular complexity index is 707. The number of aryl methyl sites for hydroxylation is 1. The molecule has 0 saturated heterocycles. The van der Waals surface area contributed by atoms with Crippen LogP contribution in [0.4, 0.5) is 10.1 Å². The van der Waals surface area contributed by atoms with Gasteiger partial charge in [0.05, 0.1) is 17.6 Å². The smallest absolute Gasteiger partial charge is 0.359 e. The summed E-state index contributed by atoms with van der Waals surface area (Å²) < 4.78 is 18.3. The van der Waals surface area contributed by atoms with Crippen molar-refractivity contribution in [3.05, 3.63) is 52.8 Å². The molecule has 1 aromatic carbocycles. The van der Waals surface area contributed by atoms with Crippen LogP contribution in [0.1, 0.15) is 16.2 Å². The lowest BCUT2D eigenvalue weighted by molar-refractivity contribution is -0.119. The Hall–Kier alpha value is -2.54. The number of esters is 1. The summed E-state index contributed by atoms with van der Waals surface area (Å²) in [5.74, 6) is -2.16. The largest absolute Gasteiger partial charge is 0.451 e. The van der Waals surface area contributed by atoms with E-state index in [1.165, 1.54) is 24.5 Å². The lowest BCUT2D eigenvalue weighted by atomic mass is 10.3. The Labute approximate surface area is 130 Å². The molecule has 1 N–H and O–H groups in total. The zero-order valence-electron chi connectivity index (χ0n) is 11.5. The number of rotatable bonds is 4. The monoisotopic (exact) mass is 323 g/mol. The normalized spacial score (nSPS) is 10.1. The molecule has 0 atom stereocenters. The van der Waals surface area contributed by atoms with Gasteiger partial charge in [0, 0.05) is 11.2 Å². The minimum atomic E-state index is -0.792. The van der Waals surface area contributed by atoms with Crippen LogP contribution < -0.4 is 5.32 Å². The van der Waals surface area contributed by atoms with Crippen molar-refractivity contribution in [1.82, 2.24) is 9.97 Å². The molecule has 0 aliphatic heterocycles. The molecule has 114 valence electrons. The summed E-state index contributed by atoms with van der Waals surface area (Å²) in [6.45, 7) is 1.15. The third kappa shape index (κ3) is 4.23. The first kappa shape index (κ1) is 15.8. The molecule has 6 nitrogen and oxygen atoms in total. The first-order valence-corrected chi connectivity index (χ1v) is 6.54. The number of carbonyl (C=O) groups excluding carboxylic acids is 2. The van der Waals surface area contributed by atoms with E-state index in [9.17, 15) is 14.0 Å². The van der Waals surface area contributed by atoms with Crippen molar-refractivity contribution in [2.24, 2.45) is 0 Å². The van der Waals surface area contributed by atoms with Crippen molar-refractivity contribution < 1.29 is 18.7 Å². The van der Waals surface area contributed by atoms with E-state index in [-0.39, 0.29) is 16.4 Å². The van der Waals surface area contributed by atoms with Crippen LogP contribution in [0.5, 0.6) is 0 Å². The number of benzene rings is 1. The number of nitrogens with zero attached hydrogens (tertiary/aromatic N) is 2. The van der Waals surface area contributed by atoms with Crippen LogP contribution in [0.25, 0.3) is 0 Å². The summed E-state index contributed by atoms with van der Waals surface area (Å²) >= 11 is 5.60. The van der Waals surface area contributed by atoms with E-state index in [0.29, 0.717) is 5.69 Å². The van der Waals surface area contributed by atoms with Gasteiger partial charge in [-0.2, -0.15) is 0 Å². The van der Waals surface area contributed by atoms with Gasteiger partial charge in [-0.05, 0) is 25.1 Å². The Morgan fingerprint density at radius 1 is 1.32 bits per heavy atom. The maximum atomic E-state index is 13.5. The summed E-state index contributed by atoms with van der Waals surface area (Å²) in [6, 6.07) is 3.79. The molecule has 8 heteroatoms. The number of nitrogens with one attached hydrogen (secondary N) is 1. The number of carbonyl (C=O) groups is 2. The zero-order chi connectivity index (χ0) is 16.1. The van der Waals surface area contributed by atoms with E-state index >= 15 is 0 Å². The van der Waals surface area contributed by atoms with Crippen LogP contribution in [0.3, 0.4) is 0 Å². The molecule has 2 rings (SSSR count). The van der Waals surface area contributed by atoms with Crippen molar-refractivity contribution in [1.29, 1.82) is 0 Å². The van der Waals surface area contributed by atoms with E-state index in [4.69, 9.17) is 16.3 Å². The van der Waals surface area contributed by atoms with E-state index < -0.39 is 24.3 Å². The molecule has 0 radical (unpaired) electrons. The molecule has 0 unspecified atom stereocenters. The van der Waals surface area contributed by atoms with Crippen LogP contribution in [0.2, 0.25) is 5.02 Å². The van der Waals surface area contributed by atoms with Crippen LogP contribution in [0.15, 0.2) is 30.6 Å². The molecule has 0 bridgehead atoms. The molecular weight excluding hydrogens is 313 g/mol. The van der Waals surface area contributed by atoms with Gasteiger partial charge < -0.3 is 10.1 Å². The second-order valence-corrected chi connectivity index (χ2v) is 4.73. The van der Waals surface area contributed by atoms with Crippen molar-refractivity contribution in [2.75, 3.05) is 11.9 Å². The van der Waals surface area contributed by atoms with Gasteiger partial charge in [0.1, 0.15) is 5.82 Å². The zero-order valence-corrected chi connectivity index (χ0v) is 12.2. The van der Waals surface area contributed by atoms with Crippen molar-refractivity contribution in [3.63, 3.8) is 0 Å². The van der Waals surface area contributed by atoms with Crippen LogP contribution >= 0.6 is 11.6 Å². The predicted molar refractivity (Wildman–Crippen MR) is 77.1 cm³/mol. The SMILES string of the molecule is Cc1cnc(C(=O)OCC(=O)Nc2ccc(Cl)cc2F)cn1. The fourth-order valence-electron chi connectivity index (χ4n) is 1.48. The standard InChI is InChI=1S/C14H11ClFN3O3/c1-8-5-18-12(6-17-8)14(21)22-7-13(20)19-11-3-2-9(15)4-10(11)16/h2-6H,7H2,1H3,(H,19,20). The second-order valence-electron chi connectivity index (χ2n) is 4.29. The number of hydrogen-bond donors (Lipinski definition) is 1. The topological polar surface area (TPSA) is 81.2 Å². The minimum absolute atomic E-state index is 0.0175. The predicted octanol–water partition coefficient (Wildman–Crippen LogP) is 2.37. The molecule has 2 aromatic rings. The lowest BCUT2D eigenvalue weighted by Gasteiger charge is -2.07. The fourth-order valence-corrected chi connectivity index (χ4v) is 1.64. The first-order valence-electron chi connectivity index (χ1n) is 6.16. The third-order valence-electron chi connectivity index (χ3n) is 2.53. The van der Waals surface area contributed by atoms with Crippen molar-refractivity contribution >= 4 is 29.2 Å². The van der Waals surface area contributed by atoms with E-state index in [2.05, 4.69) is 15.3 Å². The number of amides is 1. The van der Waals surface area contributed by atoms with Gasteiger partial charge in [0.2, 0.25) is 0 Å². The number of aromatic nitrogens is 2. The van der Waals surface area contributed by atoms with Gasteiger partial charge >= 0.3 is 5.97 Å². The highest BCUT2D eigenvalue weighted by atomic mass is 35.5. The maximum Gasteiger partial charge on any atom is 0.359 e. The molecule has 1 amide bonds. The number of anilines is 1. The van der Waals surface area contributed by atoms with Crippen molar-refractivity contribution in [3.8, 4) is 0 Å². The van der Waals surface area contributed by atoms with Crippen molar-refractivity contribution in [2.45, 2.75) is 6.92 Å². The van der Waals surface area contributed by atoms with Gasteiger partial charge in [-0.1, -0.05) is 11.6 Å². The van der Waals surface area contributed by atoms with Crippen LogP contribution in [-0.2, 0) is 9.53 Å². The summed E-state index contributed by atoms with van der Waals surface area (Å²) in [7, 11) is 0. The molecule has 1 heterocycles. The highest BCUT2D eigenvalue weighted by Gasteiger charge is 2.13. The summed E-state index contributed by atoms with van der Waals surface area (Å²) in [6.07, 6.45) is 2.65. The Morgan fingerprint density at radius 2 is 2.09 bits per heavy atom. The van der Waals surface area contributed by atoms with Crippen LogP contribution in [-0.4, -0.2) is 28.5 Å². The molecule has 0 aliphatic carbocycles. The highest BCUT2D eigenvalue weighted by molar-refractivity contribution is 6.30. The Balaban J connectivity index is 1.89. The molecule has 0 saturated carbocycles. The number of halogens is 2. The second kappa shape index (κ2) is 6.95. The summed E-state index contributed by atoms with van der Waals surface area (Å²) in [4.78, 5) is 31.0. The molecule has 0 spiro atoms. The minimum Gasteiger partial charge on any atom is -0.451 e. The van der Waals surface area contributed by atoms with Gasteiger partial charge in [-0.3, -0.25) is 9.78 Å². The van der Waals surface area contributed by atoms with Gasteiger partial charge in [-0.15, -0.1) is 0 Å². The Morgan fingerprint density at radius 3 is 2.73 bits per heavy atom. The van der Waals surface area contributed by atoms with Gasteiger partial charge in [0.15, 0.2) is 12.3 Å². The van der Waals surface area contributed by atoms with E-state index in [1.54, 1.807) is 6.92 Å².